The van der Waals surface area contributed by atoms with Gasteiger partial charge >= 0.3 is 12.1 Å². The summed E-state index contributed by atoms with van der Waals surface area (Å²) in [5.41, 5.74) is 0.613. The molecular weight excluding hydrogens is 547 g/mol. The van der Waals surface area contributed by atoms with E-state index in [2.05, 4.69) is 21.5 Å². The molecule has 1 atom stereocenters. The van der Waals surface area contributed by atoms with Gasteiger partial charge in [-0.3, -0.25) is 10.1 Å². The number of amides is 1. The van der Waals surface area contributed by atoms with Crippen molar-refractivity contribution in [1.29, 1.82) is 0 Å². The Morgan fingerprint density at radius 1 is 1.17 bits per heavy atom. The number of carbonyl (C=O) groups is 2. The number of aliphatic carboxylic acids is 1. The van der Waals surface area contributed by atoms with Crippen LogP contribution in [0.25, 0.3) is 9.40 Å². The fourth-order valence-electron chi connectivity index (χ4n) is 3.57. The van der Waals surface area contributed by atoms with Gasteiger partial charge in [0.1, 0.15) is 21.5 Å². The number of fused-ring (bicyclic) bond motifs is 1. The van der Waals surface area contributed by atoms with Gasteiger partial charge in [0.2, 0.25) is 0 Å². The number of carboxylic acids is 1. The molecule has 1 aromatic carbocycles. The fourth-order valence-corrected chi connectivity index (χ4v) is 7.13. The summed E-state index contributed by atoms with van der Waals surface area (Å²) < 4.78 is 12.0. The van der Waals surface area contributed by atoms with Crippen LogP contribution in [0.15, 0.2) is 36.4 Å². The van der Waals surface area contributed by atoms with Crippen LogP contribution < -0.4 is 5.32 Å². The first-order valence-corrected chi connectivity index (χ1v) is 13.6. The summed E-state index contributed by atoms with van der Waals surface area (Å²) in [4.78, 5) is 25.8. The third-order valence-corrected chi connectivity index (χ3v) is 9.44. The summed E-state index contributed by atoms with van der Waals surface area (Å²) in [6.45, 7) is 1.73. The van der Waals surface area contributed by atoms with E-state index in [-0.39, 0.29) is 4.34 Å². The van der Waals surface area contributed by atoms with Crippen LogP contribution in [0.4, 0.5) is 10.5 Å². The number of aromatic nitrogens is 1. The number of benzene rings is 1. The van der Waals surface area contributed by atoms with Crippen molar-refractivity contribution in [3.05, 3.63) is 66.8 Å². The molecule has 1 aliphatic rings. The molecule has 11 heteroatoms. The fraction of sp³-hybridized carbons (Fsp3) is 0.208. The number of rotatable bonds is 5. The number of nitrogens with one attached hydrogen (secondary N) is 1. The van der Waals surface area contributed by atoms with Crippen LogP contribution in [0.2, 0.25) is 9.36 Å². The molecule has 6 nitrogen and oxygen atoms in total. The molecular formula is C24H16Cl2N2O4S3. The van der Waals surface area contributed by atoms with Crippen molar-refractivity contribution in [2.24, 2.45) is 0 Å². The lowest BCUT2D eigenvalue weighted by molar-refractivity contribution is -0.139. The summed E-state index contributed by atoms with van der Waals surface area (Å²) in [5.74, 6) is 5.28. The van der Waals surface area contributed by atoms with E-state index in [1.165, 1.54) is 22.7 Å². The molecule has 178 valence electrons. The Hall–Kier alpha value is -2.61. The largest absolute Gasteiger partial charge is 0.481 e. The summed E-state index contributed by atoms with van der Waals surface area (Å²) in [6.07, 6.45) is 0.105. The van der Waals surface area contributed by atoms with E-state index in [1.54, 1.807) is 25.1 Å². The predicted octanol–water partition coefficient (Wildman–Crippen LogP) is 7.55. The van der Waals surface area contributed by atoms with Gasteiger partial charge in [-0.2, -0.15) is 4.37 Å². The molecule has 3 aromatic heterocycles. The first-order chi connectivity index (χ1) is 16.8. The highest BCUT2D eigenvalue weighted by Gasteiger charge is 2.53. The van der Waals surface area contributed by atoms with Gasteiger partial charge in [0.25, 0.3) is 0 Å². The van der Waals surface area contributed by atoms with E-state index in [1.807, 2.05) is 18.2 Å². The molecule has 0 radical (unpaired) electrons. The van der Waals surface area contributed by atoms with Gasteiger partial charge in [-0.25, -0.2) is 4.79 Å². The Morgan fingerprint density at radius 2 is 1.91 bits per heavy atom. The van der Waals surface area contributed by atoms with Crippen LogP contribution in [0, 0.1) is 11.8 Å². The Bertz CT molecular complexity index is 1490. The monoisotopic (exact) mass is 562 g/mol. The van der Waals surface area contributed by atoms with Gasteiger partial charge in [-0.1, -0.05) is 41.4 Å². The normalized spacial score (nSPS) is 14.7. The molecule has 1 saturated carbocycles. The highest BCUT2D eigenvalue weighted by Crippen LogP contribution is 2.52. The van der Waals surface area contributed by atoms with Crippen molar-refractivity contribution < 1.29 is 19.4 Å². The van der Waals surface area contributed by atoms with Crippen LogP contribution in [-0.4, -0.2) is 21.5 Å². The van der Waals surface area contributed by atoms with E-state index < -0.39 is 23.6 Å². The van der Waals surface area contributed by atoms with Gasteiger partial charge in [0.15, 0.2) is 5.69 Å². The Balaban J connectivity index is 1.30. The Labute approximate surface area is 222 Å². The molecule has 35 heavy (non-hydrogen) atoms. The molecule has 4 aromatic rings. The first kappa shape index (κ1) is 24.1. The number of carbonyl (C=O) groups excluding carboxylic acids is 1. The van der Waals surface area contributed by atoms with Gasteiger partial charge in [-0.05, 0) is 61.3 Å². The number of halogens is 2. The summed E-state index contributed by atoms with van der Waals surface area (Å²) in [7, 11) is 0. The lowest BCUT2D eigenvalue weighted by atomic mass is 10.1. The topological polar surface area (TPSA) is 88.5 Å². The highest BCUT2D eigenvalue weighted by molar-refractivity contribution is 7.28. The lowest BCUT2D eigenvalue weighted by Gasteiger charge is -2.15. The SMILES string of the molecule is CC(OC(=O)Nc1c(C#Cc2cc3sc(C4(C(=O)O)CC4)cc3s2)nsc1Cl)c1ccccc1Cl. The summed E-state index contributed by atoms with van der Waals surface area (Å²) in [5, 5.41) is 12.7. The molecule has 5 rings (SSSR count). The zero-order valence-electron chi connectivity index (χ0n) is 18.1. The maximum absolute atomic E-state index is 12.5. The average molecular weight is 564 g/mol. The maximum Gasteiger partial charge on any atom is 0.412 e. The van der Waals surface area contributed by atoms with Gasteiger partial charge in [0.05, 0.1) is 4.88 Å². The second-order valence-corrected chi connectivity index (χ2v) is 11.9. The van der Waals surface area contributed by atoms with E-state index in [0.29, 0.717) is 34.8 Å². The number of anilines is 1. The van der Waals surface area contributed by atoms with Crippen LogP contribution in [0.1, 0.15) is 46.9 Å². The molecule has 0 bridgehead atoms. The second-order valence-electron chi connectivity index (χ2n) is 7.96. The standard InChI is InChI=1S/C24H16Cl2N2O4S3/c1-12(14-4-2-3-5-15(14)25)32-23(31)27-20-16(28-35-21(20)26)7-6-13-10-17-18(33-13)11-19(34-17)24(8-9-24)22(29)30/h2-5,10-12H,8-9H2,1H3,(H,27,31)(H,29,30). The van der Waals surface area contributed by atoms with Crippen molar-refractivity contribution in [2.75, 3.05) is 5.32 Å². The van der Waals surface area contributed by atoms with Gasteiger partial charge in [-0.15, -0.1) is 22.7 Å². The molecule has 1 aliphatic carbocycles. The number of thiophene rings is 2. The molecule has 0 aliphatic heterocycles. The number of carboxylic acid groups (broad SMARTS) is 1. The molecule has 0 spiro atoms. The molecule has 2 N–H and O–H groups in total. The number of hydrogen-bond donors (Lipinski definition) is 2. The van der Waals surface area contributed by atoms with E-state index in [4.69, 9.17) is 27.9 Å². The van der Waals surface area contributed by atoms with E-state index >= 15 is 0 Å². The molecule has 0 saturated heterocycles. The number of ether oxygens (including phenoxy) is 1. The van der Waals surface area contributed by atoms with Crippen LogP contribution in [0.5, 0.6) is 0 Å². The lowest BCUT2D eigenvalue weighted by Crippen LogP contribution is -2.17. The van der Waals surface area contributed by atoms with Gasteiger partial charge < -0.3 is 9.84 Å². The molecule has 1 fully saturated rings. The van der Waals surface area contributed by atoms with Crippen LogP contribution >= 0.6 is 57.4 Å². The average Bonchev–Trinajstić information content (AvgIpc) is 3.25. The first-order valence-electron chi connectivity index (χ1n) is 10.4. The van der Waals surface area contributed by atoms with Crippen molar-refractivity contribution in [3.8, 4) is 11.8 Å². The second kappa shape index (κ2) is 9.45. The van der Waals surface area contributed by atoms with Crippen molar-refractivity contribution in [3.63, 3.8) is 0 Å². The third kappa shape index (κ3) is 4.77. The molecule has 3 heterocycles. The zero-order valence-corrected chi connectivity index (χ0v) is 22.0. The quantitative estimate of drug-likeness (QED) is 0.245. The van der Waals surface area contributed by atoms with E-state index in [0.717, 1.165) is 30.7 Å². The minimum absolute atomic E-state index is 0.289. The minimum atomic E-state index is -0.758. The summed E-state index contributed by atoms with van der Waals surface area (Å²) >= 11 is 16.4. The third-order valence-electron chi connectivity index (χ3n) is 5.65. The Kier molecular flexibility index (Phi) is 6.51. The zero-order chi connectivity index (χ0) is 24.7. The van der Waals surface area contributed by atoms with Crippen molar-refractivity contribution in [1.82, 2.24) is 4.37 Å². The van der Waals surface area contributed by atoms with Crippen molar-refractivity contribution >= 4 is 84.6 Å². The summed E-state index contributed by atoms with van der Waals surface area (Å²) in [6, 6.07) is 11.0. The molecule has 1 unspecified atom stereocenters. The predicted molar refractivity (Wildman–Crippen MR) is 141 cm³/mol. The van der Waals surface area contributed by atoms with Crippen LogP contribution in [-0.2, 0) is 14.9 Å². The van der Waals surface area contributed by atoms with E-state index in [9.17, 15) is 14.7 Å². The molecule has 1 amide bonds. The van der Waals surface area contributed by atoms with Gasteiger partial charge in [0, 0.05) is 24.9 Å². The number of nitrogens with zero attached hydrogens (tertiary/aromatic N) is 1. The smallest absolute Gasteiger partial charge is 0.412 e. The Morgan fingerprint density at radius 3 is 2.60 bits per heavy atom. The van der Waals surface area contributed by atoms with Crippen LogP contribution in [0.3, 0.4) is 0 Å². The number of hydrogen-bond acceptors (Lipinski definition) is 7. The highest BCUT2D eigenvalue weighted by atomic mass is 35.5. The minimum Gasteiger partial charge on any atom is -0.481 e. The maximum atomic E-state index is 12.5. The van der Waals surface area contributed by atoms with Crippen molar-refractivity contribution in [2.45, 2.75) is 31.3 Å².